The molecule has 212 valence electrons. The van der Waals surface area contributed by atoms with E-state index in [0.717, 1.165) is 29.2 Å². The molecule has 3 N–H and O–H groups in total. The number of aliphatic hydroxyl groups is 1. The van der Waals surface area contributed by atoms with Crippen LogP contribution in [0, 0.1) is 11.3 Å². The summed E-state index contributed by atoms with van der Waals surface area (Å²) in [6.45, 7) is 9.87. The van der Waals surface area contributed by atoms with Crippen LogP contribution in [0.2, 0.25) is 0 Å². The predicted octanol–water partition coefficient (Wildman–Crippen LogP) is 4.58. The Balaban J connectivity index is 1.97. The van der Waals surface area contributed by atoms with Crippen LogP contribution in [-0.4, -0.2) is 51.1 Å². The molecular weight excluding hydrogens is 506 g/mol. The van der Waals surface area contributed by atoms with Crippen LogP contribution < -0.4 is 10.5 Å². The van der Waals surface area contributed by atoms with Gasteiger partial charge in [0, 0.05) is 44.4 Å². The number of primary amides is 1. The van der Waals surface area contributed by atoms with Crippen molar-refractivity contribution in [1.29, 1.82) is 5.26 Å². The van der Waals surface area contributed by atoms with E-state index in [1.165, 1.54) is 0 Å². The largest absolute Gasteiger partial charge is 0.490 e. The van der Waals surface area contributed by atoms with Crippen molar-refractivity contribution in [3.63, 3.8) is 0 Å². The third-order valence-corrected chi connectivity index (χ3v) is 7.16. The number of carbonyl (C=O) groups is 2. The number of aryl methyl sites for hydroxylation is 1. The van der Waals surface area contributed by atoms with Crippen LogP contribution in [0.3, 0.4) is 0 Å². The van der Waals surface area contributed by atoms with Gasteiger partial charge in [-0.2, -0.15) is 5.26 Å². The topological polar surface area (TPSA) is 134 Å². The lowest BCUT2D eigenvalue weighted by Crippen LogP contribution is -2.29. The lowest BCUT2D eigenvalue weighted by atomic mass is 9.83. The molecule has 0 bridgehead atoms. The first-order chi connectivity index (χ1) is 19.0. The molecule has 0 radical (unpaired) electrons. The van der Waals surface area contributed by atoms with Crippen LogP contribution in [0.25, 0.3) is 11.3 Å². The number of aliphatic hydroxyl groups excluding tert-OH is 1. The highest BCUT2D eigenvalue weighted by atomic mass is 16.5. The second-order valence-corrected chi connectivity index (χ2v) is 10.2. The minimum atomic E-state index is -0.632. The zero-order chi connectivity index (χ0) is 29.6. The van der Waals surface area contributed by atoms with E-state index in [2.05, 4.69) is 6.07 Å². The second-order valence-electron chi connectivity index (χ2n) is 10.2. The molecule has 2 aromatic carbocycles. The van der Waals surface area contributed by atoms with Gasteiger partial charge >= 0.3 is 0 Å². The number of aromatic nitrogens is 2. The van der Waals surface area contributed by atoms with Crippen LogP contribution in [0.15, 0.2) is 42.6 Å². The zero-order valence-corrected chi connectivity index (χ0v) is 24.1. The molecule has 9 nitrogen and oxygen atoms in total. The number of hydrogen-bond acceptors (Lipinski definition) is 6. The summed E-state index contributed by atoms with van der Waals surface area (Å²) in [6, 6.07) is 13.2. The van der Waals surface area contributed by atoms with Gasteiger partial charge in [0.2, 0.25) is 11.8 Å². The fraction of sp³-hybridized carbons (Fsp3) is 0.419. The maximum absolute atomic E-state index is 12.3. The monoisotopic (exact) mass is 545 g/mol. The molecule has 2 amide bonds. The standard InChI is InChI=1S/C31H39N5O4/c1-7-36-18-27(34-31(36)20(4)35(6)21(5)38)23-10-8-22(9-11-23)16-24(14-15-37)29-25(30(33)39)12-13-28(26(29)17-32)40-19(2)3/h8-13,18-20,24,37H,7,14-16H2,1-6H3,(H2,33,39). The number of hydrogen-bond donors (Lipinski definition) is 2. The number of nitrogens with two attached hydrogens (primary N) is 1. The molecule has 0 aliphatic rings. The number of carbonyl (C=O) groups excluding carboxylic acids is 2. The Morgan fingerprint density at radius 2 is 1.85 bits per heavy atom. The summed E-state index contributed by atoms with van der Waals surface area (Å²) in [7, 11) is 1.77. The summed E-state index contributed by atoms with van der Waals surface area (Å²) in [4.78, 5) is 30.8. The van der Waals surface area contributed by atoms with Crippen molar-refractivity contribution in [3.05, 3.63) is 70.7 Å². The maximum atomic E-state index is 12.3. The quantitative estimate of drug-likeness (QED) is 0.342. The summed E-state index contributed by atoms with van der Waals surface area (Å²) >= 11 is 0. The highest BCUT2D eigenvalue weighted by molar-refractivity contribution is 5.95. The van der Waals surface area contributed by atoms with Gasteiger partial charge in [0.1, 0.15) is 17.6 Å². The third kappa shape index (κ3) is 6.69. The van der Waals surface area contributed by atoms with Crippen molar-refractivity contribution in [3.8, 4) is 23.1 Å². The van der Waals surface area contributed by atoms with Crippen LogP contribution in [-0.2, 0) is 17.8 Å². The number of imidazole rings is 1. The summed E-state index contributed by atoms with van der Waals surface area (Å²) < 4.78 is 7.90. The average molecular weight is 546 g/mol. The summed E-state index contributed by atoms with van der Waals surface area (Å²) in [5.41, 5.74) is 9.42. The molecule has 40 heavy (non-hydrogen) atoms. The normalized spacial score (nSPS) is 12.6. The number of ether oxygens (including phenoxy) is 1. The summed E-state index contributed by atoms with van der Waals surface area (Å²) in [5, 5.41) is 19.9. The van der Waals surface area contributed by atoms with E-state index in [1.54, 1.807) is 31.0 Å². The molecule has 0 saturated carbocycles. The molecule has 0 aliphatic carbocycles. The lowest BCUT2D eigenvalue weighted by Gasteiger charge is -2.23. The van der Waals surface area contributed by atoms with Crippen molar-refractivity contribution >= 4 is 11.8 Å². The Morgan fingerprint density at radius 3 is 2.38 bits per heavy atom. The molecule has 0 aliphatic heterocycles. The molecule has 1 heterocycles. The van der Waals surface area contributed by atoms with E-state index in [-0.39, 0.29) is 41.7 Å². The van der Waals surface area contributed by atoms with Gasteiger partial charge in [-0.3, -0.25) is 9.59 Å². The highest BCUT2D eigenvalue weighted by Gasteiger charge is 2.26. The van der Waals surface area contributed by atoms with E-state index in [9.17, 15) is 20.0 Å². The molecule has 0 saturated heterocycles. The minimum Gasteiger partial charge on any atom is -0.490 e. The molecule has 0 fully saturated rings. The molecular formula is C31H39N5O4. The molecule has 3 rings (SSSR count). The maximum Gasteiger partial charge on any atom is 0.249 e. The first-order valence-corrected chi connectivity index (χ1v) is 13.6. The van der Waals surface area contributed by atoms with E-state index in [1.807, 2.05) is 62.7 Å². The molecule has 1 aromatic heterocycles. The first kappa shape index (κ1) is 30.4. The Bertz CT molecular complexity index is 1390. The summed E-state index contributed by atoms with van der Waals surface area (Å²) in [5.74, 6) is 0.212. The SMILES string of the molecule is CCn1cc(-c2ccc(CC(CCO)c3c(C(N)=O)ccc(OC(C)C)c3C#N)cc2)nc1C(C)N(C)C(C)=O. The average Bonchev–Trinajstić information content (AvgIpc) is 3.36. The number of nitrogens with zero attached hydrogens (tertiary/aromatic N) is 4. The smallest absolute Gasteiger partial charge is 0.249 e. The fourth-order valence-electron chi connectivity index (χ4n) is 4.91. The Labute approximate surface area is 236 Å². The van der Waals surface area contributed by atoms with Crippen LogP contribution in [0.5, 0.6) is 5.75 Å². The molecule has 0 spiro atoms. The molecule has 2 unspecified atom stereocenters. The highest BCUT2D eigenvalue weighted by Crippen LogP contribution is 2.36. The van der Waals surface area contributed by atoms with E-state index in [4.69, 9.17) is 15.5 Å². The van der Waals surface area contributed by atoms with Crippen molar-refractivity contribution < 1.29 is 19.4 Å². The predicted molar refractivity (Wildman–Crippen MR) is 154 cm³/mol. The minimum absolute atomic E-state index is 0.0261. The van der Waals surface area contributed by atoms with Gasteiger partial charge in [0.15, 0.2) is 0 Å². The van der Waals surface area contributed by atoms with Gasteiger partial charge in [-0.15, -0.1) is 0 Å². The number of rotatable bonds is 12. The number of nitriles is 1. The number of benzene rings is 2. The van der Waals surface area contributed by atoms with Gasteiger partial charge < -0.3 is 25.0 Å². The van der Waals surface area contributed by atoms with Crippen LogP contribution in [0.4, 0.5) is 0 Å². The third-order valence-electron chi connectivity index (χ3n) is 7.16. The molecule has 9 heteroatoms. The fourth-order valence-corrected chi connectivity index (χ4v) is 4.91. The Hall–Kier alpha value is -4.16. The molecule has 3 aromatic rings. The van der Waals surface area contributed by atoms with E-state index < -0.39 is 5.91 Å². The van der Waals surface area contributed by atoms with Crippen LogP contribution >= 0.6 is 0 Å². The van der Waals surface area contributed by atoms with Gasteiger partial charge in [-0.1, -0.05) is 24.3 Å². The van der Waals surface area contributed by atoms with Gasteiger partial charge in [0.05, 0.1) is 23.4 Å². The van der Waals surface area contributed by atoms with Crippen molar-refractivity contribution in [1.82, 2.24) is 14.5 Å². The lowest BCUT2D eigenvalue weighted by molar-refractivity contribution is -0.129. The first-order valence-electron chi connectivity index (χ1n) is 13.6. The van der Waals surface area contributed by atoms with E-state index in [0.29, 0.717) is 24.2 Å². The zero-order valence-electron chi connectivity index (χ0n) is 24.1. The van der Waals surface area contributed by atoms with Crippen molar-refractivity contribution in [2.24, 2.45) is 5.73 Å². The number of amides is 2. The van der Waals surface area contributed by atoms with Gasteiger partial charge in [-0.05, 0) is 69.7 Å². The van der Waals surface area contributed by atoms with Crippen molar-refractivity contribution in [2.75, 3.05) is 13.7 Å². The molecule has 2 atom stereocenters. The van der Waals surface area contributed by atoms with Crippen molar-refractivity contribution in [2.45, 2.75) is 72.1 Å². The van der Waals surface area contributed by atoms with E-state index >= 15 is 0 Å². The summed E-state index contributed by atoms with van der Waals surface area (Å²) in [6.07, 6.45) is 2.65. The Morgan fingerprint density at radius 1 is 1.18 bits per heavy atom. The van der Waals surface area contributed by atoms with Crippen LogP contribution in [0.1, 0.15) is 85.9 Å². The second kappa shape index (κ2) is 13.3. The Kier molecular flexibility index (Phi) is 10.1. The van der Waals surface area contributed by atoms with Gasteiger partial charge in [-0.25, -0.2) is 4.98 Å². The van der Waals surface area contributed by atoms with Gasteiger partial charge in [0.25, 0.3) is 0 Å².